The number of H-pyrrole nitrogens is 2. The Bertz CT molecular complexity index is 2940. The van der Waals surface area contributed by atoms with Crippen molar-refractivity contribution in [2.24, 2.45) is 5.92 Å². The van der Waals surface area contributed by atoms with Crippen molar-refractivity contribution in [3.63, 3.8) is 0 Å². The molecule has 0 radical (unpaired) electrons. The van der Waals surface area contributed by atoms with Gasteiger partial charge in [-0.3, -0.25) is 14.6 Å². The predicted molar refractivity (Wildman–Crippen MR) is 249 cm³/mol. The quantitative estimate of drug-likeness (QED) is 0.105. The third-order valence-electron chi connectivity index (χ3n) is 13.6. The maximum absolute atomic E-state index is 14.1. The molecule has 6 heterocycles. The van der Waals surface area contributed by atoms with Crippen molar-refractivity contribution in [3.8, 4) is 22.4 Å². The smallest absolute Gasteiger partial charge is 0.407 e. The number of carbonyl (C=O) groups is 4. The van der Waals surface area contributed by atoms with Gasteiger partial charge in [-0.05, 0) is 120 Å². The maximum Gasteiger partial charge on any atom is 0.407 e. The Kier molecular flexibility index (Phi) is 11.8. The first kappa shape index (κ1) is 42.7. The molecule has 0 aliphatic carbocycles. The molecule has 3 aliphatic rings. The van der Waals surface area contributed by atoms with Crippen molar-refractivity contribution < 1.29 is 33.4 Å². The van der Waals surface area contributed by atoms with Crippen LogP contribution in [0, 0.1) is 5.92 Å². The number of fused-ring (bicyclic) bond motifs is 4. The van der Waals surface area contributed by atoms with E-state index >= 15 is 0 Å². The molecule has 15 nitrogen and oxygen atoms in total. The highest BCUT2D eigenvalue weighted by atomic mass is 16.5. The number of nitrogens with one attached hydrogen (secondary N) is 4. The number of rotatable bonds is 10. The Morgan fingerprint density at radius 2 is 1.38 bits per heavy atom. The van der Waals surface area contributed by atoms with Crippen LogP contribution in [0.2, 0.25) is 0 Å². The number of hydrogen-bond donors (Lipinski definition) is 4. The summed E-state index contributed by atoms with van der Waals surface area (Å²) >= 11 is 0. The lowest BCUT2D eigenvalue weighted by Gasteiger charge is -2.34. The molecule has 7 aromatic rings. The Hall–Kier alpha value is -7.26. The van der Waals surface area contributed by atoms with Gasteiger partial charge in [-0.2, -0.15) is 0 Å². The molecular formula is C51H52N8O7. The lowest BCUT2D eigenvalue weighted by Crippen LogP contribution is -2.53. The molecule has 4 atom stereocenters. The van der Waals surface area contributed by atoms with Gasteiger partial charge in [0.2, 0.25) is 5.91 Å². The van der Waals surface area contributed by atoms with Gasteiger partial charge >= 0.3 is 12.2 Å². The van der Waals surface area contributed by atoms with E-state index in [4.69, 9.17) is 19.2 Å². The summed E-state index contributed by atoms with van der Waals surface area (Å²) in [5, 5.41) is 9.84. The van der Waals surface area contributed by atoms with Crippen molar-refractivity contribution in [2.45, 2.75) is 62.7 Å². The molecule has 338 valence electrons. The minimum atomic E-state index is -0.920. The Labute approximate surface area is 381 Å². The monoisotopic (exact) mass is 888 g/mol. The van der Waals surface area contributed by atoms with Crippen LogP contribution in [-0.4, -0.2) is 100 Å². The number of imidazole rings is 1. The van der Waals surface area contributed by atoms with Crippen LogP contribution in [0.4, 0.5) is 9.59 Å². The number of ether oxygens (including phenoxy) is 3. The third kappa shape index (κ3) is 8.30. The van der Waals surface area contributed by atoms with Crippen LogP contribution in [0.15, 0.2) is 103 Å². The summed E-state index contributed by atoms with van der Waals surface area (Å²) in [7, 11) is 2.59. The zero-order valence-corrected chi connectivity index (χ0v) is 36.9. The van der Waals surface area contributed by atoms with E-state index in [1.165, 1.54) is 14.2 Å². The van der Waals surface area contributed by atoms with Gasteiger partial charge in [0.25, 0.3) is 5.91 Å². The summed E-state index contributed by atoms with van der Waals surface area (Å²) in [5.41, 5.74) is 7.47. The fourth-order valence-electron chi connectivity index (χ4n) is 10.2. The van der Waals surface area contributed by atoms with Crippen molar-refractivity contribution >= 4 is 56.6 Å². The number of benzene rings is 4. The number of nitrogens with zero attached hydrogens (tertiary/aromatic N) is 4. The number of aromatic amines is 2. The zero-order valence-electron chi connectivity index (χ0n) is 36.9. The van der Waals surface area contributed by atoms with E-state index in [1.54, 1.807) is 24.5 Å². The normalized spacial score (nSPS) is 18.7. The number of pyridine rings is 1. The predicted octanol–water partition coefficient (Wildman–Crippen LogP) is 8.50. The first-order chi connectivity index (χ1) is 32.3. The first-order valence-corrected chi connectivity index (χ1v) is 22.7. The number of methoxy groups -OCH3 is 2. The van der Waals surface area contributed by atoms with E-state index in [1.807, 2.05) is 15.9 Å². The second-order valence-electron chi connectivity index (χ2n) is 17.4. The Morgan fingerprint density at radius 1 is 0.712 bits per heavy atom. The molecule has 66 heavy (non-hydrogen) atoms. The molecule has 15 heteroatoms. The number of alkyl carbamates (subject to hydrolysis) is 2. The SMILES string of the molecule is COC(=O)NC(C(=O)N1CCC[C@H]1c1ccc(-c2ccc3cc(-c4ccc5c(ccc6[nH]c([C@@H]7CCCN7C(=O)[C@@H](NC(=O)OC)C7CCOCC7)nc65)c4)ccc3c2)[nH]1)c1cccnc1. The fourth-order valence-corrected chi connectivity index (χ4v) is 10.2. The van der Waals surface area contributed by atoms with Gasteiger partial charge in [-0.1, -0.05) is 48.5 Å². The van der Waals surface area contributed by atoms with E-state index in [9.17, 15) is 19.2 Å². The molecule has 0 saturated carbocycles. The number of aromatic nitrogens is 4. The van der Waals surface area contributed by atoms with Crippen molar-refractivity contribution in [1.29, 1.82) is 0 Å². The molecule has 3 fully saturated rings. The second kappa shape index (κ2) is 18.3. The summed E-state index contributed by atoms with van der Waals surface area (Å²) < 4.78 is 15.3. The molecule has 4 amide bonds. The van der Waals surface area contributed by atoms with Crippen molar-refractivity contribution in [1.82, 2.24) is 40.4 Å². The van der Waals surface area contributed by atoms with E-state index in [0.29, 0.717) is 44.7 Å². The highest BCUT2D eigenvalue weighted by Crippen LogP contribution is 2.38. The summed E-state index contributed by atoms with van der Waals surface area (Å²) in [5.74, 6) is 0.389. The Balaban J connectivity index is 0.858. The lowest BCUT2D eigenvalue weighted by atomic mass is 9.90. The summed E-state index contributed by atoms with van der Waals surface area (Å²) in [6.45, 7) is 2.27. The standard InChI is InChI=1S/C51H52N8O7/c1-64-50(62)56-44(30-19-24-66-25-20-30)48(60)59-23-5-8-43(59)47-54-41-16-14-35-27-34(13-15-38(35)46(41)55-47)31-9-10-33-28-36(12-11-32(33)26-31)39-17-18-40(53-39)42-7-4-22-58(42)49(61)45(57-51(63)65-2)37-6-3-21-52-29-37/h3,6,9-18,21,26-30,42-45,53H,4-5,7-8,19-20,22-25H2,1-2H3,(H,54,55)(H,56,62)(H,57,63)/t42-,43-,44-,45?/m0/s1. The molecule has 1 unspecified atom stereocenters. The average molecular weight is 889 g/mol. The number of carbonyl (C=O) groups excluding carboxylic acids is 4. The lowest BCUT2D eigenvalue weighted by molar-refractivity contribution is -0.137. The first-order valence-electron chi connectivity index (χ1n) is 22.7. The molecule has 4 aromatic carbocycles. The number of amides is 4. The van der Waals surface area contributed by atoms with Crippen molar-refractivity contribution in [2.75, 3.05) is 40.5 Å². The molecule has 3 aliphatic heterocycles. The van der Waals surface area contributed by atoms with E-state index < -0.39 is 24.3 Å². The zero-order chi connectivity index (χ0) is 45.3. The number of likely N-dealkylation sites (tertiary alicyclic amines) is 2. The van der Waals surface area contributed by atoms with Gasteiger partial charge in [0.1, 0.15) is 17.9 Å². The van der Waals surface area contributed by atoms with Crippen LogP contribution in [-0.2, 0) is 23.8 Å². The van der Waals surface area contributed by atoms with Crippen molar-refractivity contribution in [3.05, 3.63) is 120 Å². The average Bonchev–Trinajstić information content (AvgIpc) is 4.21. The second-order valence-corrected chi connectivity index (χ2v) is 17.4. The summed E-state index contributed by atoms with van der Waals surface area (Å²) in [6.07, 6.45) is 6.56. The highest BCUT2D eigenvalue weighted by Gasteiger charge is 2.41. The highest BCUT2D eigenvalue weighted by molar-refractivity contribution is 6.06. The maximum atomic E-state index is 14.1. The van der Waals surface area contributed by atoms with Crippen LogP contribution < -0.4 is 10.6 Å². The summed E-state index contributed by atoms with van der Waals surface area (Å²) in [4.78, 5) is 72.9. The fraction of sp³-hybridized carbons (Fsp3) is 0.333. The van der Waals surface area contributed by atoms with Crippen LogP contribution >= 0.6 is 0 Å². The summed E-state index contributed by atoms with van der Waals surface area (Å²) in [6, 6.07) is 29.2. The molecule has 4 N–H and O–H groups in total. The van der Waals surface area contributed by atoms with Crippen LogP contribution in [0.1, 0.15) is 73.7 Å². The molecule has 0 bridgehead atoms. The van der Waals surface area contributed by atoms with E-state index in [0.717, 1.165) is 92.2 Å². The van der Waals surface area contributed by atoms with Crippen LogP contribution in [0.5, 0.6) is 0 Å². The topological polar surface area (TPSA) is 184 Å². The molecule has 3 saturated heterocycles. The minimum absolute atomic E-state index is 0.0348. The van der Waals surface area contributed by atoms with E-state index in [2.05, 4.69) is 98.4 Å². The van der Waals surface area contributed by atoms with Crippen LogP contribution in [0.3, 0.4) is 0 Å². The van der Waals surface area contributed by atoms with Gasteiger partial charge in [-0.25, -0.2) is 14.6 Å². The van der Waals surface area contributed by atoms with Gasteiger partial charge in [-0.15, -0.1) is 0 Å². The third-order valence-corrected chi connectivity index (χ3v) is 13.6. The number of hydrogen-bond acceptors (Lipinski definition) is 9. The molecular weight excluding hydrogens is 837 g/mol. The molecule has 10 rings (SSSR count). The van der Waals surface area contributed by atoms with Gasteiger partial charge in [0, 0.05) is 61.0 Å². The van der Waals surface area contributed by atoms with E-state index in [-0.39, 0.29) is 29.8 Å². The van der Waals surface area contributed by atoms with Gasteiger partial charge < -0.3 is 44.6 Å². The van der Waals surface area contributed by atoms with Gasteiger partial charge in [0.15, 0.2) is 0 Å². The molecule has 3 aromatic heterocycles. The largest absolute Gasteiger partial charge is 0.453 e. The van der Waals surface area contributed by atoms with Gasteiger partial charge in [0.05, 0.1) is 37.3 Å². The van der Waals surface area contributed by atoms with Crippen LogP contribution in [0.25, 0.3) is 55.0 Å². The molecule has 0 spiro atoms. The minimum Gasteiger partial charge on any atom is -0.453 e. The Morgan fingerprint density at radius 3 is 2.12 bits per heavy atom.